The second-order valence-electron chi connectivity index (χ2n) is 4.65. The van der Waals surface area contributed by atoms with Crippen molar-refractivity contribution in [3.8, 4) is 0 Å². The van der Waals surface area contributed by atoms with Crippen LogP contribution in [0.1, 0.15) is 42.3 Å². The number of hydrogen-bond acceptors (Lipinski definition) is 1. The molecular formula is C13H17N. The fraction of sp³-hybridized carbons (Fsp3) is 0.538. The molecule has 0 aliphatic heterocycles. The first kappa shape index (κ1) is 8.49. The molecule has 1 aromatic carbocycles. The zero-order valence-corrected chi connectivity index (χ0v) is 8.66. The summed E-state index contributed by atoms with van der Waals surface area (Å²) in [5.74, 6) is 1.85. The minimum atomic E-state index is 0.608. The Morgan fingerprint density at radius 3 is 2.50 bits per heavy atom. The van der Waals surface area contributed by atoms with Crippen molar-refractivity contribution >= 4 is 0 Å². The summed E-state index contributed by atoms with van der Waals surface area (Å²) >= 11 is 0. The van der Waals surface area contributed by atoms with Crippen molar-refractivity contribution in [3.63, 3.8) is 0 Å². The molecule has 0 amide bonds. The molecule has 14 heavy (non-hydrogen) atoms. The van der Waals surface area contributed by atoms with E-state index < -0.39 is 0 Å². The van der Waals surface area contributed by atoms with Crippen LogP contribution in [-0.2, 0) is 0 Å². The largest absolute Gasteiger partial charge is 0.313 e. The standard InChI is InChI=1S/C13H17N/c1-14-13-8-12(9-6-7-9)10-4-2-3-5-11(10)13/h2-5,9,12-14H,6-8H2,1H3. The van der Waals surface area contributed by atoms with Gasteiger partial charge in [-0.3, -0.25) is 0 Å². The van der Waals surface area contributed by atoms with E-state index in [1.807, 2.05) is 0 Å². The van der Waals surface area contributed by atoms with Crippen LogP contribution < -0.4 is 5.32 Å². The maximum atomic E-state index is 3.43. The number of nitrogens with one attached hydrogen (secondary N) is 1. The molecule has 1 fully saturated rings. The van der Waals surface area contributed by atoms with Crippen LogP contribution in [0.25, 0.3) is 0 Å². The van der Waals surface area contributed by atoms with Gasteiger partial charge in [-0.25, -0.2) is 0 Å². The van der Waals surface area contributed by atoms with Gasteiger partial charge in [-0.05, 0) is 49.3 Å². The number of rotatable bonds is 2. The Labute approximate surface area is 85.5 Å². The van der Waals surface area contributed by atoms with E-state index in [0.29, 0.717) is 6.04 Å². The number of benzene rings is 1. The fourth-order valence-electron chi connectivity index (χ4n) is 2.89. The molecule has 0 bridgehead atoms. The number of fused-ring (bicyclic) bond motifs is 1. The van der Waals surface area contributed by atoms with E-state index in [0.717, 1.165) is 11.8 Å². The normalized spacial score (nSPS) is 30.4. The average Bonchev–Trinajstić information content (AvgIpc) is 3.00. The number of hydrogen-bond donors (Lipinski definition) is 1. The van der Waals surface area contributed by atoms with Crippen LogP contribution in [0.3, 0.4) is 0 Å². The summed E-state index contributed by atoms with van der Waals surface area (Å²) in [6, 6.07) is 9.58. The molecule has 0 aromatic heterocycles. The maximum Gasteiger partial charge on any atom is 0.0326 e. The highest BCUT2D eigenvalue weighted by Gasteiger charge is 2.39. The van der Waals surface area contributed by atoms with Gasteiger partial charge >= 0.3 is 0 Å². The molecule has 0 saturated heterocycles. The fourth-order valence-corrected chi connectivity index (χ4v) is 2.89. The predicted octanol–water partition coefficient (Wildman–Crippen LogP) is 2.84. The van der Waals surface area contributed by atoms with Gasteiger partial charge < -0.3 is 5.32 Å². The van der Waals surface area contributed by atoms with Crippen molar-refractivity contribution in [2.24, 2.45) is 5.92 Å². The summed E-state index contributed by atoms with van der Waals surface area (Å²) in [6.07, 6.45) is 4.23. The molecule has 3 rings (SSSR count). The van der Waals surface area contributed by atoms with Crippen LogP contribution >= 0.6 is 0 Å². The summed E-state index contributed by atoms with van der Waals surface area (Å²) in [5, 5.41) is 3.43. The van der Waals surface area contributed by atoms with E-state index in [-0.39, 0.29) is 0 Å². The molecule has 1 N–H and O–H groups in total. The van der Waals surface area contributed by atoms with Crippen LogP contribution in [-0.4, -0.2) is 7.05 Å². The Bertz CT molecular complexity index is 341. The second-order valence-corrected chi connectivity index (χ2v) is 4.65. The molecular weight excluding hydrogens is 170 g/mol. The zero-order valence-electron chi connectivity index (χ0n) is 8.66. The average molecular weight is 187 g/mol. The van der Waals surface area contributed by atoms with Crippen molar-refractivity contribution in [2.45, 2.75) is 31.2 Å². The summed E-state index contributed by atoms with van der Waals surface area (Å²) in [5.41, 5.74) is 3.17. The van der Waals surface area contributed by atoms with Gasteiger partial charge in [-0.1, -0.05) is 24.3 Å². The van der Waals surface area contributed by atoms with Crippen molar-refractivity contribution in [1.29, 1.82) is 0 Å². The van der Waals surface area contributed by atoms with Gasteiger partial charge in [0, 0.05) is 6.04 Å². The van der Waals surface area contributed by atoms with E-state index >= 15 is 0 Å². The summed E-state index contributed by atoms with van der Waals surface area (Å²) in [6.45, 7) is 0. The molecule has 1 nitrogen and oxygen atoms in total. The monoisotopic (exact) mass is 187 g/mol. The lowest BCUT2D eigenvalue weighted by Gasteiger charge is -2.09. The van der Waals surface area contributed by atoms with Crippen LogP contribution in [0.4, 0.5) is 0 Å². The molecule has 74 valence electrons. The van der Waals surface area contributed by atoms with Gasteiger partial charge in [0.1, 0.15) is 0 Å². The molecule has 2 aliphatic carbocycles. The molecule has 1 saturated carbocycles. The Balaban J connectivity index is 1.99. The van der Waals surface area contributed by atoms with Crippen LogP contribution in [0, 0.1) is 5.92 Å². The second kappa shape index (κ2) is 3.09. The van der Waals surface area contributed by atoms with E-state index in [2.05, 4.69) is 36.6 Å². The van der Waals surface area contributed by atoms with Crippen molar-refractivity contribution in [2.75, 3.05) is 7.05 Å². The third kappa shape index (κ3) is 1.19. The topological polar surface area (TPSA) is 12.0 Å². The van der Waals surface area contributed by atoms with Gasteiger partial charge in [0.05, 0.1) is 0 Å². The van der Waals surface area contributed by atoms with E-state index in [4.69, 9.17) is 0 Å². The van der Waals surface area contributed by atoms with E-state index in [9.17, 15) is 0 Å². The predicted molar refractivity (Wildman–Crippen MR) is 58.3 cm³/mol. The lowest BCUT2D eigenvalue weighted by atomic mass is 9.96. The quantitative estimate of drug-likeness (QED) is 0.750. The summed E-state index contributed by atoms with van der Waals surface area (Å²) in [4.78, 5) is 0. The minimum absolute atomic E-state index is 0.608. The third-order valence-corrected chi connectivity index (χ3v) is 3.80. The first-order valence-corrected chi connectivity index (χ1v) is 5.66. The smallest absolute Gasteiger partial charge is 0.0326 e. The van der Waals surface area contributed by atoms with Crippen LogP contribution in [0.15, 0.2) is 24.3 Å². The lowest BCUT2D eigenvalue weighted by molar-refractivity contribution is 0.502. The van der Waals surface area contributed by atoms with Crippen molar-refractivity contribution in [3.05, 3.63) is 35.4 Å². The van der Waals surface area contributed by atoms with Crippen molar-refractivity contribution < 1.29 is 0 Å². The van der Waals surface area contributed by atoms with Crippen LogP contribution in [0.5, 0.6) is 0 Å². The van der Waals surface area contributed by atoms with Gasteiger partial charge in [-0.2, -0.15) is 0 Å². The lowest BCUT2D eigenvalue weighted by Crippen LogP contribution is -2.13. The third-order valence-electron chi connectivity index (χ3n) is 3.80. The van der Waals surface area contributed by atoms with Crippen LogP contribution in [0.2, 0.25) is 0 Å². The highest BCUT2D eigenvalue weighted by Crippen LogP contribution is 2.52. The van der Waals surface area contributed by atoms with E-state index in [1.54, 1.807) is 11.1 Å². The summed E-state index contributed by atoms with van der Waals surface area (Å²) in [7, 11) is 2.08. The Morgan fingerprint density at radius 1 is 1.14 bits per heavy atom. The molecule has 0 spiro atoms. The maximum absolute atomic E-state index is 3.43. The molecule has 0 heterocycles. The Hall–Kier alpha value is -0.820. The van der Waals surface area contributed by atoms with Gasteiger partial charge in [-0.15, -0.1) is 0 Å². The molecule has 2 unspecified atom stereocenters. The Kier molecular flexibility index (Phi) is 1.88. The minimum Gasteiger partial charge on any atom is -0.313 e. The molecule has 1 aromatic rings. The molecule has 2 atom stereocenters. The van der Waals surface area contributed by atoms with Gasteiger partial charge in [0.25, 0.3) is 0 Å². The molecule has 0 radical (unpaired) electrons. The first-order chi connectivity index (χ1) is 6.90. The molecule has 1 heteroatoms. The zero-order chi connectivity index (χ0) is 9.54. The SMILES string of the molecule is CNC1CC(C2CC2)c2ccccc21. The molecule has 2 aliphatic rings. The highest BCUT2D eigenvalue weighted by molar-refractivity contribution is 5.39. The van der Waals surface area contributed by atoms with Crippen molar-refractivity contribution in [1.82, 2.24) is 5.32 Å². The van der Waals surface area contributed by atoms with E-state index in [1.165, 1.54) is 19.3 Å². The van der Waals surface area contributed by atoms with Gasteiger partial charge in [0.2, 0.25) is 0 Å². The highest BCUT2D eigenvalue weighted by atomic mass is 14.9. The summed E-state index contributed by atoms with van der Waals surface area (Å²) < 4.78 is 0. The Morgan fingerprint density at radius 2 is 1.86 bits per heavy atom. The van der Waals surface area contributed by atoms with Gasteiger partial charge in [0.15, 0.2) is 0 Å². The first-order valence-electron chi connectivity index (χ1n) is 5.66.